The zero-order chi connectivity index (χ0) is 18.2. The molecule has 1 unspecified atom stereocenters. The van der Waals surface area contributed by atoms with Crippen LogP contribution in [0.15, 0.2) is 36.5 Å². The number of piperidine rings is 1. The van der Waals surface area contributed by atoms with E-state index in [1.165, 1.54) is 5.56 Å². The fourth-order valence-electron chi connectivity index (χ4n) is 3.26. The van der Waals surface area contributed by atoms with Crippen LogP contribution in [-0.2, 0) is 6.42 Å². The van der Waals surface area contributed by atoms with E-state index in [0.29, 0.717) is 19.1 Å². The highest BCUT2D eigenvalue weighted by atomic mass is 16.5. The van der Waals surface area contributed by atoms with Crippen LogP contribution in [0.5, 0.6) is 5.75 Å². The molecule has 0 bridgehead atoms. The Hall–Kier alpha value is -2.34. The smallest absolute Gasteiger partial charge is 0.224 e. The van der Waals surface area contributed by atoms with Crippen LogP contribution in [-0.4, -0.2) is 47.4 Å². The van der Waals surface area contributed by atoms with Crippen LogP contribution in [0, 0.1) is 0 Å². The molecule has 1 aliphatic rings. The summed E-state index contributed by atoms with van der Waals surface area (Å²) >= 11 is 0. The predicted octanol–water partition coefficient (Wildman–Crippen LogP) is 2.88. The van der Waals surface area contributed by atoms with Gasteiger partial charge in [-0.1, -0.05) is 18.2 Å². The summed E-state index contributed by atoms with van der Waals surface area (Å²) in [6, 6.07) is 10.1. The number of hydrogen-bond donors (Lipinski definition) is 2. The maximum absolute atomic E-state index is 9.84. The lowest BCUT2D eigenvalue weighted by molar-refractivity contribution is 0.154. The Bertz CT molecular complexity index is 695. The quantitative estimate of drug-likeness (QED) is 0.709. The van der Waals surface area contributed by atoms with Gasteiger partial charge in [-0.25, -0.2) is 4.98 Å². The molecule has 0 radical (unpaired) electrons. The van der Waals surface area contributed by atoms with Crippen LogP contribution >= 0.6 is 0 Å². The highest BCUT2D eigenvalue weighted by Gasteiger charge is 2.19. The Balaban J connectivity index is 1.50. The third-order valence-electron chi connectivity index (χ3n) is 4.54. The van der Waals surface area contributed by atoms with Gasteiger partial charge in [0.25, 0.3) is 0 Å². The molecule has 2 heterocycles. The fourth-order valence-corrected chi connectivity index (χ4v) is 3.26. The van der Waals surface area contributed by atoms with Gasteiger partial charge in [0.05, 0.1) is 12.7 Å². The monoisotopic (exact) mass is 356 g/mol. The molecule has 2 N–H and O–H groups in total. The van der Waals surface area contributed by atoms with E-state index >= 15 is 0 Å². The van der Waals surface area contributed by atoms with Gasteiger partial charge in [-0.3, -0.25) is 0 Å². The van der Waals surface area contributed by atoms with Crippen molar-refractivity contribution in [2.24, 2.45) is 0 Å². The Morgan fingerprint density at radius 1 is 1.31 bits per heavy atom. The highest BCUT2D eigenvalue weighted by molar-refractivity contribution is 5.43. The van der Waals surface area contributed by atoms with Crippen molar-refractivity contribution in [2.75, 3.05) is 36.5 Å². The highest BCUT2D eigenvalue weighted by Crippen LogP contribution is 2.20. The fraction of sp³-hybridized carbons (Fsp3) is 0.500. The second-order valence-electron chi connectivity index (χ2n) is 6.55. The molecule has 1 fully saturated rings. The topological polar surface area (TPSA) is 70.5 Å². The molecule has 1 aliphatic heterocycles. The van der Waals surface area contributed by atoms with Crippen molar-refractivity contribution < 1.29 is 9.84 Å². The second kappa shape index (κ2) is 9.38. The molecule has 1 saturated heterocycles. The van der Waals surface area contributed by atoms with Crippen LogP contribution in [0.4, 0.5) is 11.8 Å². The average Bonchev–Trinajstić information content (AvgIpc) is 2.67. The molecule has 1 aromatic carbocycles. The molecule has 26 heavy (non-hydrogen) atoms. The summed E-state index contributed by atoms with van der Waals surface area (Å²) in [5, 5.41) is 13.1. The van der Waals surface area contributed by atoms with Gasteiger partial charge in [-0.2, -0.15) is 4.98 Å². The van der Waals surface area contributed by atoms with E-state index in [1.54, 1.807) is 6.20 Å². The van der Waals surface area contributed by atoms with Crippen molar-refractivity contribution in [3.8, 4) is 5.75 Å². The summed E-state index contributed by atoms with van der Waals surface area (Å²) in [6.07, 6.45) is 5.29. The number of aliphatic hydroxyl groups is 1. The van der Waals surface area contributed by atoms with Gasteiger partial charge in [-0.15, -0.1) is 0 Å². The van der Waals surface area contributed by atoms with E-state index in [0.717, 1.165) is 50.3 Å². The summed E-state index contributed by atoms with van der Waals surface area (Å²) in [5.41, 5.74) is 1.23. The van der Waals surface area contributed by atoms with Crippen molar-refractivity contribution >= 4 is 11.8 Å². The van der Waals surface area contributed by atoms with E-state index in [2.05, 4.69) is 26.3 Å². The minimum Gasteiger partial charge on any atom is -0.494 e. The number of aromatic nitrogens is 2. The molecule has 0 spiro atoms. The van der Waals surface area contributed by atoms with Crippen LogP contribution in [0.25, 0.3) is 0 Å². The number of nitrogens with zero attached hydrogens (tertiary/aromatic N) is 3. The van der Waals surface area contributed by atoms with Gasteiger partial charge >= 0.3 is 0 Å². The number of nitrogens with one attached hydrogen (secondary N) is 1. The summed E-state index contributed by atoms with van der Waals surface area (Å²) in [4.78, 5) is 11.0. The van der Waals surface area contributed by atoms with Crippen LogP contribution in [0.2, 0.25) is 0 Å². The molecular formula is C20H28N4O2. The Labute approximate surface area is 155 Å². The maximum atomic E-state index is 9.84. The van der Waals surface area contributed by atoms with E-state index in [9.17, 15) is 5.11 Å². The number of anilines is 2. The summed E-state index contributed by atoms with van der Waals surface area (Å²) in [7, 11) is 0. The first-order chi connectivity index (χ1) is 12.8. The van der Waals surface area contributed by atoms with Gasteiger partial charge < -0.3 is 20.1 Å². The summed E-state index contributed by atoms with van der Waals surface area (Å²) in [6.45, 7) is 5.06. The SMILES string of the molecule is CCOc1ccccc1CCCNc1nccc(N2CCCC(O)C2)n1. The number of benzene rings is 1. The molecule has 140 valence electrons. The molecule has 0 aliphatic carbocycles. The molecule has 1 atom stereocenters. The average molecular weight is 356 g/mol. The Morgan fingerprint density at radius 3 is 3.04 bits per heavy atom. The molecule has 1 aromatic heterocycles. The number of aryl methyl sites for hydroxylation is 1. The normalized spacial score (nSPS) is 17.2. The van der Waals surface area contributed by atoms with E-state index in [1.807, 2.05) is 31.2 Å². The van der Waals surface area contributed by atoms with Crippen molar-refractivity contribution in [1.29, 1.82) is 0 Å². The van der Waals surface area contributed by atoms with Crippen molar-refractivity contribution in [2.45, 2.75) is 38.7 Å². The van der Waals surface area contributed by atoms with E-state index < -0.39 is 0 Å². The lowest BCUT2D eigenvalue weighted by Crippen LogP contribution is -2.38. The third-order valence-corrected chi connectivity index (χ3v) is 4.54. The zero-order valence-corrected chi connectivity index (χ0v) is 15.4. The van der Waals surface area contributed by atoms with E-state index in [4.69, 9.17) is 4.74 Å². The molecule has 0 saturated carbocycles. The zero-order valence-electron chi connectivity index (χ0n) is 15.4. The molecule has 0 amide bonds. The molecule has 3 rings (SSSR count). The number of ether oxygens (including phenoxy) is 1. The van der Waals surface area contributed by atoms with Gasteiger partial charge in [-0.05, 0) is 50.3 Å². The minimum absolute atomic E-state index is 0.263. The Kier molecular flexibility index (Phi) is 6.66. The van der Waals surface area contributed by atoms with Crippen LogP contribution in [0.1, 0.15) is 31.7 Å². The first kappa shape index (κ1) is 18.5. The van der Waals surface area contributed by atoms with Crippen molar-refractivity contribution in [3.05, 3.63) is 42.1 Å². The van der Waals surface area contributed by atoms with Gasteiger partial charge in [0.2, 0.25) is 5.95 Å². The maximum Gasteiger partial charge on any atom is 0.224 e. The molecule has 2 aromatic rings. The molecular weight excluding hydrogens is 328 g/mol. The standard InChI is InChI=1S/C20H28N4O2/c1-2-26-18-10-4-3-7-16(18)8-5-12-21-20-22-13-11-19(23-20)24-14-6-9-17(25)15-24/h3-4,7,10-11,13,17,25H,2,5-6,8-9,12,14-15H2,1H3,(H,21,22,23). The first-order valence-electron chi connectivity index (χ1n) is 9.47. The molecule has 6 nitrogen and oxygen atoms in total. The lowest BCUT2D eigenvalue weighted by atomic mass is 10.1. The lowest BCUT2D eigenvalue weighted by Gasteiger charge is -2.31. The van der Waals surface area contributed by atoms with E-state index in [-0.39, 0.29) is 6.10 Å². The third kappa shape index (κ3) is 5.08. The first-order valence-corrected chi connectivity index (χ1v) is 9.47. The van der Waals surface area contributed by atoms with Crippen molar-refractivity contribution in [3.63, 3.8) is 0 Å². The van der Waals surface area contributed by atoms with Crippen LogP contribution < -0.4 is 15.0 Å². The number of hydrogen-bond acceptors (Lipinski definition) is 6. The number of rotatable bonds is 8. The predicted molar refractivity (Wildman–Crippen MR) is 104 cm³/mol. The summed E-state index contributed by atoms with van der Waals surface area (Å²) in [5.74, 6) is 2.49. The molecule has 6 heteroatoms. The van der Waals surface area contributed by atoms with Gasteiger partial charge in [0.15, 0.2) is 0 Å². The second-order valence-corrected chi connectivity index (χ2v) is 6.55. The van der Waals surface area contributed by atoms with Gasteiger partial charge in [0.1, 0.15) is 11.6 Å². The van der Waals surface area contributed by atoms with Crippen LogP contribution in [0.3, 0.4) is 0 Å². The van der Waals surface area contributed by atoms with Gasteiger partial charge in [0, 0.05) is 25.8 Å². The number of aliphatic hydroxyl groups excluding tert-OH is 1. The number of para-hydroxylation sites is 1. The largest absolute Gasteiger partial charge is 0.494 e. The Morgan fingerprint density at radius 2 is 2.19 bits per heavy atom. The minimum atomic E-state index is -0.263. The number of β-amino-alcohol motifs (C(OH)–C–C–N with tert-alkyl or cyclic N) is 1. The summed E-state index contributed by atoms with van der Waals surface area (Å²) < 4.78 is 5.67. The van der Waals surface area contributed by atoms with Crippen molar-refractivity contribution in [1.82, 2.24) is 9.97 Å².